The van der Waals surface area contributed by atoms with Crippen LogP contribution in [0.3, 0.4) is 0 Å². The summed E-state index contributed by atoms with van der Waals surface area (Å²) in [5, 5.41) is 3.62. The molecule has 3 heteroatoms. The molecule has 0 bridgehead atoms. The van der Waals surface area contributed by atoms with Crippen molar-refractivity contribution in [1.82, 2.24) is 10.2 Å². The van der Waals surface area contributed by atoms with E-state index in [-0.39, 0.29) is 0 Å². The van der Waals surface area contributed by atoms with E-state index in [1.54, 1.807) is 0 Å². The van der Waals surface area contributed by atoms with Crippen LogP contribution in [0.25, 0.3) is 0 Å². The van der Waals surface area contributed by atoms with Crippen molar-refractivity contribution in [2.75, 3.05) is 20.1 Å². The predicted octanol–water partition coefficient (Wildman–Crippen LogP) is 2.34. The van der Waals surface area contributed by atoms with E-state index in [0.717, 1.165) is 30.9 Å². The molecular weight excluding hydrogens is 210 g/mol. The van der Waals surface area contributed by atoms with Crippen molar-refractivity contribution in [3.63, 3.8) is 0 Å². The highest BCUT2D eigenvalue weighted by atomic mass is 15.3. The van der Waals surface area contributed by atoms with E-state index in [0.29, 0.717) is 11.5 Å². The zero-order valence-electron chi connectivity index (χ0n) is 12.0. The van der Waals surface area contributed by atoms with Gasteiger partial charge in [-0.3, -0.25) is 4.99 Å². The molecule has 3 nitrogen and oxygen atoms in total. The molecule has 1 saturated heterocycles. The fraction of sp³-hybridized carbons (Fsp3) is 0.929. The first-order valence-electron chi connectivity index (χ1n) is 6.90. The van der Waals surface area contributed by atoms with Crippen molar-refractivity contribution in [2.45, 2.75) is 46.6 Å². The second-order valence-corrected chi connectivity index (χ2v) is 6.79. The van der Waals surface area contributed by atoms with E-state index in [1.807, 2.05) is 7.05 Å². The van der Waals surface area contributed by atoms with Crippen molar-refractivity contribution in [1.29, 1.82) is 0 Å². The number of nitrogens with one attached hydrogen (secondary N) is 1. The Hall–Kier alpha value is -0.730. The van der Waals surface area contributed by atoms with Crippen LogP contribution in [0.4, 0.5) is 0 Å². The number of hydrogen-bond acceptors (Lipinski definition) is 1. The third-order valence-corrected chi connectivity index (χ3v) is 4.20. The molecule has 2 rings (SSSR count). The second-order valence-electron chi connectivity index (χ2n) is 6.79. The van der Waals surface area contributed by atoms with E-state index in [2.05, 4.69) is 42.9 Å². The highest BCUT2D eigenvalue weighted by molar-refractivity contribution is 5.80. The van der Waals surface area contributed by atoms with Gasteiger partial charge in [-0.05, 0) is 30.1 Å². The Kier molecular flexibility index (Phi) is 3.37. The van der Waals surface area contributed by atoms with Gasteiger partial charge in [0.15, 0.2) is 5.96 Å². The van der Waals surface area contributed by atoms with Crippen molar-refractivity contribution in [3.05, 3.63) is 0 Å². The van der Waals surface area contributed by atoms with Crippen molar-refractivity contribution in [3.8, 4) is 0 Å². The molecule has 3 atom stereocenters. The summed E-state index contributed by atoms with van der Waals surface area (Å²) in [4.78, 5) is 6.90. The zero-order chi connectivity index (χ0) is 12.6. The largest absolute Gasteiger partial charge is 0.353 e. The first-order chi connectivity index (χ1) is 7.92. The third kappa shape index (κ3) is 2.93. The van der Waals surface area contributed by atoms with Gasteiger partial charge in [0.2, 0.25) is 0 Å². The topological polar surface area (TPSA) is 27.6 Å². The number of aliphatic imine (C=N–C) groups is 1. The molecule has 0 aromatic carbocycles. The Morgan fingerprint density at radius 3 is 2.18 bits per heavy atom. The van der Waals surface area contributed by atoms with Gasteiger partial charge in [-0.25, -0.2) is 0 Å². The Balaban J connectivity index is 1.94. The summed E-state index contributed by atoms with van der Waals surface area (Å²) < 4.78 is 0. The van der Waals surface area contributed by atoms with E-state index >= 15 is 0 Å². The fourth-order valence-corrected chi connectivity index (χ4v) is 3.00. The molecule has 1 aliphatic carbocycles. The average molecular weight is 237 g/mol. The third-order valence-electron chi connectivity index (χ3n) is 4.20. The molecule has 0 aromatic heterocycles. The van der Waals surface area contributed by atoms with Crippen LogP contribution < -0.4 is 5.32 Å². The van der Waals surface area contributed by atoms with Gasteiger partial charge in [0, 0.05) is 26.2 Å². The molecule has 0 radical (unpaired) electrons. The number of nitrogens with zero attached hydrogens (tertiary/aromatic N) is 2. The van der Waals surface area contributed by atoms with Crippen LogP contribution in [-0.4, -0.2) is 37.0 Å². The van der Waals surface area contributed by atoms with Gasteiger partial charge < -0.3 is 10.2 Å². The number of guanidine groups is 1. The van der Waals surface area contributed by atoms with Crippen LogP contribution >= 0.6 is 0 Å². The zero-order valence-corrected chi connectivity index (χ0v) is 12.0. The average Bonchev–Trinajstić information content (AvgIpc) is 2.81. The lowest BCUT2D eigenvalue weighted by molar-refractivity contribution is 0.208. The summed E-state index contributed by atoms with van der Waals surface area (Å²) in [6.07, 6.45) is 2.62. The highest BCUT2D eigenvalue weighted by Gasteiger charge is 2.46. The molecule has 98 valence electrons. The molecule has 0 aromatic rings. The fourth-order valence-electron chi connectivity index (χ4n) is 3.00. The van der Waals surface area contributed by atoms with Crippen LogP contribution in [0.1, 0.15) is 40.5 Å². The molecule has 2 fully saturated rings. The van der Waals surface area contributed by atoms with Crippen molar-refractivity contribution >= 4 is 5.96 Å². The molecule has 0 amide bonds. The Morgan fingerprint density at radius 1 is 1.24 bits per heavy atom. The van der Waals surface area contributed by atoms with Crippen LogP contribution in [0.5, 0.6) is 0 Å². The van der Waals surface area contributed by atoms with Gasteiger partial charge in [0.05, 0.1) is 0 Å². The molecular formula is C14H27N3. The summed E-state index contributed by atoms with van der Waals surface area (Å²) in [7, 11) is 1.90. The smallest absolute Gasteiger partial charge is 0.193 e. The minimum absolute atomic E-state index is 0.461. The molecule has 3 unspecified atom stereocenters. The molecule has 1 N–H and O–H groups in total. The van der Waals surface area contributed by atoms with Crippen LogP contribution in [0.15, 0.2) is 4.99 Å². The Labute approximate surface area is 106 Å². The molecule has 17 heavy (non-hydrogen) atoms. The minimum Gasteiger partial charge on any atom is -0.353 e. The maximum absolute atomic E-state index is 4.46. The van der Waals surface area contributed by atoms with Gasteiger partial charge in [0.25, 0.3) is 0 Å². The second kappa shape index (κ2) is 4.51. The summed E-state index contributed by atoms with van der Waals surface area (Å²) in [6.45, 7) is 11.6. The molecule has 0 spiro atoms. The summed E-state index contributed by atoms with van der Waals surface area (Å²) in [5.74, 6) is 2.67. The van der Waals surface area contributed by atoms with Crippen LogP contribution in [-0.2, 0) is 0 Å². The van der Waals surface area contributed by atoms with E-state index < -0.39 is 0 Å². The van der Waals surface area contributed by atoms with Crippen LogP contribution in [0, 0.1) is 17.3 Å². The van der Waals surface area contributed by atoms with Gasteiger partial charge in [-0.15, -0.1) is 0 Å². The molecule has 2 aliphatic rings. The van der Waals surface area contributed by atoms with Crippen molar-refractivity contribution < 1.29 is 0 Å². The standard InChI is InChI=1S/C14H27N3/c1-10-6-11(2)9-17(8-10)13(15-5)16-12-7-14(12,3)4/h10-12H,6-9H2,1-5H3,(H,15,16). The quantitative estimate of drug-likeness (QED) is 0.560. The van der Waals surface area contributed by atoms with Gasteiger partial charge >= 0.3 is 0 Å². The number of hydrogen-bond donors (Lipinski definition) is 1. The SMILES string of the molecule is CN=C(NC1CC1(C)C)N1CC(C)CC(C)C1. The number of piperidine rings is 1. The van der Waals surface area contributed by atoms with E-state index in [9.17, 15) is 0 Å². The summed E-state index contributed by atoms with van der Waals surface area (Å²) in [5.41, 5.74) is 0.461. The lowest BCUT2D eigenvalue weighted by Gasteiger charge is -2.37. The van der Waals surface area contributed by atoms with E-state index in [1.165, 1.54) is 12.8 Å². The van der Waals surface area contributed by atoms with Gasteiger partial charge in [0.1, 0.15) is 0 Å². The highest BCUT2D eigenvalue weighted by Crippen LogP contribution is 2.44. The first kappa shape index (κ1) is 12.7. The predicted molar refractivity (Wildman–Crippen MR) is 73.2 cm³/mol. The van der Waals surface area contributed by atoms with E-state index in [4.69, 9.17) is 0 Å². The van der Waals surface area contributed by atoms with Crippen molar-refractivity contribution in [2.24, 2.45) is 22.2 Å². The lowest BCUT2D eigenvalue weighted by atomic mass is 9.92. The molecule has 1 heterocycles. The summed E-state index contributed by atoms with van der Waals surface area (Å²) >= 11 is 0. The summed E-state index contributed by atoms with van der Waals surface area (Å²) in [6, 6.07) is 0.619. The maximum atomic E-state index is 4.46. The molecule has 1 saturated carbocycles. The lowest BCUT2D eigenvalue weighted by Crippen LogP contribution is -2.49. The first-order valence-corrected chi connectivity index (χ1v) is 6.90. The monoisotopic (exact) mass is 237 g/mol. The number of likely N-dealkylation sites (tertiary alicyclic amines) is 1. The van der Waals surface area contributed by atoms with Crippen LogP contribution in [0.2, 0.25) is 0 Å². The number of rotatable bonds is 1. The minimum atomic E-state index is 0.461. The molecule has 1 aliphatic heterocycles. The normalized spacial score (nSPS) is 36.9. The van der Waals surface area contributed by atoms with Gasteiger partial charge in [-0.2, -0.15) is 0 Å². The maximum Gasteiger partial charge on any atom is 0.193 e. The van der Waals surface area contributed by atoms with Gasteiger partial charge in [-0.1, -0.05) is 27.7 Å². The Morgan fingerprint density at radius 2 is 1.76 bits per heavy atom. The Bertz CT molecular complexity index is 299.